The van der Waals surface area contributed by atoms with E-state index in [0.717, 1.165) is 30.4 Å². The summed E-state index contributed by atoms with van der Waals surface area (Å²) in [6, 6.07) is 6.83. The second-order valence-electron chi connectivity index (χ2n) is 7.30. The fourth-order valence-corrected chi connectivity index (χ4v) is 3.34. The number of carbonyl (C=O) groups is 2. The number of pyridine rings is 2. The van der Waals surface area contributed by atoms with Crippen LogP contribution in [0.2, 0.25) is 0 Å². The van der Waals surface area contributed by atoms with E-state index in [1.807, 2.05) is 26.8 Å². The molecule has 0 spiro atoms. The summed E-state index contributed by atoms with van der Waals surface area (Å²) in [6.45, 7) is 8.40. The summed E-state index contributed by atoms with van der Waals surface area (Å²) in [5.41, 5.74) is 1.43. The zero-order valence-electron chi connectivity index (χ0n) is 20.3. The zero-order chi connectivity index (χ0) is 24.6. The highest BCUT2D eigenvalue weighted by Gasteiger charge is 2.22. The van der Waals surface area contributed by atoms with E-state index in [2.05, 4.69) is 9.97 Å². The molecular formula is C25H36N2O6. The average molecular weight is 461 g/mol. The zero-order valence-corrected chi connectivity index (χ0v) is 20.3. The van der Waals surface area contributed by atoms with Crippen molar-refractivity contribution in [2.24, 2.45) is 0 Å². The molecule has 0 amide bonds. The quantitative estimate of drug-likeness (QED) is 0.496. The molecule has 2 heterocycles. The highest BCUT2D eigenvalue weighted by Crippen LogP contribution is 2.25. The first-order valence-electron chi connectivity index (χ1n) is 11.4. The van der Waals surface area contributed by atoms with Crippen LogP contribution in [0.3, 0.4) is 0 Å². The van der Waals surface area contributed by atoms with E-state index < -0.39 is 0 Å². The molecule has 2 unspecified atom stereocenters. The molecule has 0 saturated carbocycles. The van der Waals surface area contributed by atoms with Gasteiger partial charge in [0.2, 0.25) is 11.4 Å². The maximum Gasteiger partial charge on any atom is 0.313 e. The molecule has 0 saturated heterocycles. The molecule has 2 aromatic rings. The summed E-state index contributed by atoms with van der Waals surface area (Å²) in [4.78, 5) is 41.3. The molecule has 0 aliphatic rings. The summed E-state index contributed by atoms with van der Waals surface area (Å²) >= 11 is 0. The van der Waals surface area contributed by atoms with Crippen molar-refractivity contribution in [1.82, 2.24) is 9.97 Å². The maximum absolute atomic E-state index is 11.8. The number of carbonyl (C=O) groups excluding carboxylic acids is 2. The third-order valence-corrected chi connectivity index (χ3v) is 4.87. The lowest BCUT2D eigenvalue weighted by atomic mass is 9.95. The van der Waals surface area contributed by atoms with Crippen molar-refractivity contribution < 1.29 is 23.8 Å². The first-order chi connectivity index (χ1) is 15.9. The van der Waals surface area contributed by atoms with Crippen LogP contribution in [0.15, 0.2) is 41.5 Å². The van der Waals surface area contributed by atoms with Crippen molar-refractivity contribution in [3.05, 3.63) is 58.1 Å². The second-order valence-corrected chi connectivity index (χ2v) is 7.30. The Balaban J connectivity index is 0.000000331. The van der Waals surface area contributed by atoms with Crippen LogP contribution in [0, 0.1) is 0 Å². The minimum atomic E-state index is -0.327. The number of nitrogens with zero attached hydrogens (tertiary/aromatic N) is 1. The Morgan fingerprint density at radius 1 is 0.909 bits per heavy atom. The predicted octanol–water partition coefficient (Wildman–Crippen LogP) is 4.36. The van der Waals surface area contributed by atoms with Crippen LogP contribution < -0.4 is 10.3 Å². The number of aromatic nitrogens is 2. The van der Waals surface area contributed by atoms with Gasteiger partial charge >= 0.3 is 11.9 Å². The Hall–Kier alpha value is -3.16. The number of esters is 2. The normalized spacial score (nSPS) is 12.0. The lowest BCUT2D eigenvalue weighted by molar-refractivity contribution is -0.146. The van der Waals surface area contributed by atoms with Crippen molar-refractivity contribution in [3.8, 4) is 5.88 Å². The minimum Gasteiger partial charge on any atom is -0.481 e. The van der Waals surface area contributed by atoms with Gasteiger partial charge < -0.3 is 19.2 Å². The molecule has 2 rings (SSSR count). The average Bonchev–Trinajstić information content (AvgIpc) is 2.81. The molecule has 2 aromatic heterocycles. The first kappa shape index (κ1) is 27.9. The van der Waals surface area contributed by atoms with Crippen LogP contribution in [-0.2, 0) is 19.1 Å². The molecule has 0 bridgehead atoms. The van der Waals surface area contributed by atoms with Gasteiger partial charge in [-0.1, -0.05) is 26.7 Å². The van der Waals surface area contributed by atoms with E-state index in [0.29, 0.717) is 25.5 Å². The molecule has 0 radical (unpaired) electrons. The van der Waals surface area contributed by atoms with Crippen molar-refractivity contribution >= 4 is 11.9 Å². The molecule has 0 aliphatic carbocycles. The van der Waals surface area contributed by atoms with E-state index in [1.165, 1.54) is 6.07 Å². The minimum absolute atomic E-state index is 0.178. The number of methoxy groups -OCH3 is 1. The SMILES string of the molecule is CCCC(C(=O)OCC)c1cc[nH]c(=O)c1.CCCC(C(=O)OCC)c1ccnc(OC)c1. The van der Waals surface area contributed by atoms with E-state index in [4.69, 9.17) is 14.2 Å². The Labute approximate surface area is 195 Å². The van der Waals surface area contributed by atoms with Gasteiger partial charge in [0.15, 0.2) is 0 Å². The van der Waals surface area contributed by atoms with Gasteiger partial charge in [-0.2, -0.15) is 0 Å². The van der Waals surface area contributed by atoms with E-state index in [-0.39, 0.29) is 29.3 Å². The van der Waals surface area contributed by atoms with Gasteiger partial charge in [-0.15, -0.1) is 0 Å². The molecular weight excluding hydrogens is 424 g/mol. The molecule has 33 heavy (non-hydrogen) atoms. The largest absolute Gasteiger partial charge is 0.481 e. The second kappa shape index (κ2) is 15.6. The fraction of sp³-hybridized carbons (Fsp3) is 0.520. The lowest BCUT2D eigenvalue weighted by Gasteiger charge is -2.15. The molecule has 0 aliphatic heterocycles. The van der Waals surface area contributed by atoms with Gasteiger partial charge in [0.05, 0.1) is 32.2 Å². The molecule has 2 atom stereocenters. The number of hydrogen-bond donors (Lipinski definition) is 1. The lowest BCUT2D eigenvalue weighted by Crippen LogP contribution is -2.18. The summed E-state index contributed by atoms with van der Waals surface area (Å²) in [6.07, 6.45) is 6.47. The van der Waals surface area contributed by atoms with Crippen LogP contribution in [0.25, 0.3) is 0 Å². The topological polar surface area (TPSA) is 108 Å². The standard InChI is InChI=1S/C13H19NO3.C12H17NO3/c1-4-6-11(13(15)17-5-2)10-7-8-14-12(9-10)16-3;1-3-5-10(12(15)16-4-2)9-6-7-13-11(14)8-9/h7-9,11H,4-6H2,1-3H3;6-8,10H,3-5H2,1-2H3,(H,13,14). The molecule has 182 valence electrons. The smallest absolute Gasteiger partial charge is 0.313 e. The fourth-order valence-electron chi connectivity index (χ4n) is 3.34. The Bertz CT molecular complexity index is 912. The van der Waals surface area contributed by atoms with Gasteiger partial charge in [-0.25, -0.2) is 4.98 Å². The monoisotopic (exact) mass is 460 g/mol. The van der Waals surface area contributed by atoms with Crippen molar-refractivity contribution in [1.29, 1.82) is 0 Å². The number of hydrogen-bond acceptors (Lipinski definition) is 7. The number of rotatable bonds is 11. The number of aromatic amines is 1. The Morgan fingerprint density at radius 3 is 1.91 bits per heavy atom. The van der Waals surface area contributed by atoms with E-state index >= 15 is 0 Å². The predicted molar refractivity (Wildman–Crippen MR) is 126 cm³/mol. The summed E-state index contributed by atoms with van der Waals surface area (Å²) < 4.78 is 15.1. The first-order valence-corrected chi connectivity index (χ1v) is 11.4. The highest BCUT2D eigenvalue weighted by molar-refractivity contribution is 5.78. The third-order valence-electron chi connectivity index (χ3n) is 4.87. The number of ether oxygens (including phenoxy) is 3. The van der Waals surface area contributed by atoms with Crippen molar-refractivity contribution in [2.75, 3.05) is 20.3 Å². The Morgan fingerprint density at radius 2 is 1.45 bits per heavy atom. The molecule has 0 fully saturated rings. The highest BCUT2D eigenvalue weighted by atomic mass is 16.5. The molecule has 0 aromatic carbocycles. The van der Waals surface area contributed by atoms with Crippen LogP contribution >= 0.6 is 0 Å². The summed E-state index contributed by atoms with van der Waals surface area (Å²) in [5, 5.41) is 0. The van der Waals surface area contributed by atoms with Gasteiger partial charge in [0, 0.05) is 24.5 Å². The van der Waals surface area contributed by atoms with Gasteiger partial charge in [-0.3, -0.25) is 14.4 Å². The summed E-state index contributed by atoms with van der Waals surface area (Å²) in [7, 11) is 1.56. The molecule has 8 nitrogen and oxygen atoms in total. The van der Waals surface area contributed by atoms with Gasteiger partial charge in [0.25, 0.3) is 0 Å². The van der Waals surface area contributed by atoms with Crippen LogP contribution in [0.4, 0.5) is 0 Å². The van der Waals surface area contributed by atoms with Gasteiger partial charge in [-0.05, 0) is 49.9 Å². The van der Waals surface area contributed by atoms with Crippen LogP contribution in [0.1, 0.15) is 76.3 Å². The van der Waals surface area contributed by atoms with E-state index in [9.17, 15) is 14.4 Å². The van der Waals surface area contributed by atoms with Crippen molar-refractivity contribution in [2.45, 2.75) is 65.2 Å². The third kappa shape index (κ3) is 9.47. The molecule has 8 heteroatoms. The number of H-pyrrole nitrogens is 1. The van der Waals surface area contributed by atoms with Crippen LogP contribution in [-0.4, -0.2) is 42.2 Å². The van der Waals surface area contributed by atoms with Gasteiger partial charge in [0.1, 0.15) is 0 Å². The van der Waals surface area contributed by atoms with Crippen molar-refractivity contribution in [3.63, 3.8) is 0 Å². The van der Waals surface area contributed by atoms with E-state index in [1.54, 1.807) is 38.6 Å². The maximum atomic E-state index is 11.8. The Kier molecular flexibility index (Phi) is 13.2. The number of nitrogens with one attached hydrogen (secondary N) is 1. The molecule has 1 N–H and O–H groups in total. The van der Waals surface area contributed by atoms with Crippen LogP contribution in [0.5, 0.6) is 5.88 Å². The summed E-state index contributed by atoms with van der Waals surface area (Å²) in [5.74, 6) is -0.463.